The van der Waals surface area contributed by atoms with Crippen molar-refractivity contribution in [3.05, 3.63) is 29.3 Å². The fourth-order valence-corrected chi connectivity index (χ4v) is 3.54. The van der Waals surface area contributed by atoms with Gasteiger partial charge in [-0.1, -0.05) is 11.6 Å². The second-order valence-corrected chi connectivity index (χ2v) is 10.6. The van der Waals surface area contributed by atoms with Gasteiger partial charge in [-0.15, -0.1) is 0 Å². The van der Waals surface area contributed by atoms with E-state index in [4.69, 9.17) is 14.0 Å². The highest BCUT2D eigenvalue weighted by molar-refractivity contribution is 6.62. The van der Waals surface area contributed by atoms with Gasteiger partial charge in [-0.05, 0) is 73.0 Å². The summed E-state index contributed by atoms with van der Waals surface area (Å²) in [6, 6.07) is 5.57. The molecule has 2 saturated heterocycles. The number of ether oxygens (including phenoxy) is 1. The van der Waals surface area contributed by atoms with E-state index in [0.717, 1.165) is 11.0 Å². The summed E-state index contributed by atoms with van der Waals surface area (Å²) in [5.74, 6) is -0.0911. The standard InChI is InChI=1S/C23H35BN2O5/c1-15-10-11-16(12-18(15)24-30-22(5,6)23(7,8)31-24)19(27)25(9)17-13-26(14-17)20(28)29-21(2,3)4/h10-12,17H,13-14H2,1-9H3. The van der Waals surface area contributed by atoms with Crippen LogP contribution in [0.2, 0.25) is 0 Å². The molecule has 0 spiro atoms. The van der Waals surface area contributed by atoms with Gasteiger partial charge in [-0.25, -0.2) is 4.79 Å². The minimum Gasteiger partial charge on any atom is -0.444 e. The SMILES string of the molecule is Cc1ccc(C(=O)N(C)C2CN(C(=O)OC(C)(C)C)C2)cc1B1OC(C)(C)C(C)(C)O1. The Kier molecular flexibility index (Phi) is 5.95. The fourth-order valence-electron chi connectivity index (χ4n) is 3.54. The van der Waals surface area contributed by atoms with Crippen molar-refractivity contribution in [3.63, 3.8) is 0 Å². The molecule has 0 saturated carbocycles. The molecule has 0 N–H and O–H groups in total. The van der Waals surface area contributed by atoms with E-state index in [9.17, 15) is 9.59 Å². The molecule has 2 aliphatic rings. The maximum Gasteiger partial charge on any atom is 0.495 e. The number of likely N-dealkylation sites (N-methyl/N-ethyl adjacent to an activating group) is 1. The molecule has 2 heterocycles. The first-order chi connectivity index (χ1) is 14.1. The first-order valence-electron chi connectivity index (χ1n) is 10.8. The van der Waals surface area contributed by atoms with Crippen molar-refractivity contribution in [3.8, 4) is 0 Å². The van der Waals surface area contributed by atoms with Crippen molar-refractivity contribution >= 4 is 24.6 Å². The molecule has 1 aromatic carbocycles. The average Bonchev–Trinajstić information content (AvgIpc) is 2.79. The topological polar surface area (TPSA) is 68.3 Å². The zero-order valence-electron chi connectivity index (χ0n) is 20.2. The lowest BCUT2D eigenvalue weighted by Crippen LogP contribution is -2.61. The van der Waals surface area contributed by atoms with Crippen molar-refractivity contribution in [1.29, 1.82) is 0 Å². The number of hydrogen-bond donors (Lipinski definition) is 0. The van der Waals surface area contributed by atoms with Gasteiger partial charge < -0.3 is 23.8 Å². The van der Waals surface area contributed by atoms with Gasteiger partial charge in [0.2, 0.25) is 0 Å². The maximum absolute atomic E-state index is 13.1. The normalized spacial score (nSPS) is 20.4. The van der Waals surface area contributed by atoms with E-state index in [1.807, 2.05) is 73.6 Å². The van der Waals surface area contributed by atoms with E-state index < -0.39 is 23.9 Å². The molecule has 0 radical (unpaired) electrons. The number of aryl methyl sites for hydroxylation is 1. The third-order valence-corrected chi connectivity index (χ3v) is 6.42. The van der Waals surface area contributed by atoms with Crippen LogP contribution < -0.4 is 5.46 Å². The molecule has 1 aromatic rings. The van der Waals surface area contributed by atoms with E-state index in [-0.39, 0.29) is 18.0 Å². The molecule has 170 valence electrons. The molecule has 3 rings (SSSR count). The van der Waals surface area contributed by atoms with Crippen molar-refractivity contribution < 1.29 is 23.6 Å². The van der Waals surface area contributed by atoms with Crippen molar-refractivity contribution in [2.24, 2.45) is 0 Å². The lowest BCUT2D eigenvalue weighted by atomic mass is 9.75. The number of likely N-dealkylation sites (tertiary alicyclic amines) is 1. The van der Waals surface area contributed by atoms with Crippen LogP contribution >= 0.6 is 0 Å². The van der Waals surface area contributed by atoms with Crippen molar-refractivity contribution in [1.82, 2.24) is 9.80 Å². The molecule has 2 aliphatic heterocycles. The van der Waals surface area contributed by atoms with E-state index >= 15 is 0 Å². The van der Waals surface area contributed by atoms with Crippen LogP contribution in [0.1, 0.15) is 64.4 Å². The number of carbonyl (C=O) groups excluding carboxylic acids is 2. The summed E-state index contributed by atoms with van der Waals surface area (Å²) in [7, 11) is 1.25. The molecular weight excluding hydrogens is 395 g/mol. The van der Waals surface area contributed by atoms with E-state index in [0.29, 0.717) is 18.7 Å². The average molecular weight is 430 g/mol. The second kappa shape index (κ2) is 7.82. The maximum atomic E-state index is 13.1. The number of nitrogens with zero attached hydrogens (tertiary/aromatic N) is 2. The van der Waals surface area contributed by atoms with Crippen LogP contribution in [0.25, 0.3) is 0 Å². The monoisotopic (exact) mass is 430 g/mol. The van der Waals surface area contributed by atoms with Gasteiger partial charge in [0.25, 0.3) is 5.91 Å². The Morgan fingerprint density at radius 1 is 1.13 bits per heavy atom. The molecule has 2 fully saturated rings. The van der Waals surface area contributed by atoms with Crippen LogP contribution in [0.3, 0.4) is 0 Å². The molecule has 0 unspecified atom stereocenters. The number of amides is 2. The van der Waals surface area contributed by atoms with Crippen molar-refractivity contribution in [2.45, 2.75) is 78.2 Å². The van der Waals surface area contributed by atoms with Gasteiger partial charge in [-0.3, -0.25) is 4.79 Å². The van der Waals surface area contributed by atoms with E-state index in [1.165, 1.54) is 0 Å². The van der Waals surface area contributed by atoms with E-state index in [2.05, 4.69) is 0 Å². The number of hydrogen-bond acceptors (Lipinski definition) is 5. The lowest BCUT2D eigenvalue weighted by Gasteiger charge is -2.44. The predicted molar refractivity (Wildman–Crippen MR) is 121 cm³/mol. The smallest absolute Gasteiger partial charge is 0.444 e. The Morgan fingerprint density at radius 2 is 1.68 bits per heavy atom. The van der Waals surface area contributed by atoms with Gasteiger partial charge in [0.1, 0.15) is 5.60 Å². The number of rotatable bonds is 3. The third-order valence-electron chi connectivity index (χ3n) is 6.42. The summed E-state index contributed by atoms with van der Waals surface area (Å²) in [5.41, 5.74) is 1.03. The second-order valence-electron chi connectivity index (χ2n) is 10.6. The van der Waals surface area contributed by atoms with Crippen LogP contribution in [0, 0.1) is 6.92 Å². The molecule has 2 amide bonds. The molecule has 31 heavy (non-hydrogen) atoms. The number of carbonyl (C=O) groups is 2. The Labute approximate surface area is 186 Å². The van der Waals surface area contributed by atoms with Crippen LogP contribution in [-0.4, -0.2) is 71.9 Å². The predicted octanol–water partition coefficient (Wildman–Crippen LogP) is 2.99. The molecule has 0 bridgehead atoms. The summed E-state index contributed by atoms with van der Waals surface area (Å²) in [6.45, 7) is 16.5. The van der Waals surface area contributed by atoms with Gasteiger partial charge >= 0.3 is 13.2 Å². The first kappa shape index (κ1) is 23.6. The number of benzene rings is 1. The minimum absolute atomic E-state index is 0.0402. The quantitative estimate of drug-likeness (QED) is 0.690. The Hall–Kier alpha value is -2.06. The summed E-state index contributed by atoms with van der Waals surface area (Å²) >= 11 is 0. The van der Waals surface area contributed by atoms with Crippen molar-refractivity contribution in [2.75, 3.05) is 20.1 Å². The first-order valence-corrected chi connectivity index (χ1v) is 10.8. The highest BCUT2D eigenvalue weighted by Crippen LogP contribution is 2.36. The summed E-state index contributed by atoms with van der Waals surface area (Å²) in [4.78, 5) is 28.6. The van der Waals surface area contributed by atoms with Crippen LogP contribution in [0.15, 0.2) is 18.2 Å². The third kappa shape index (κ3) is 4.75. The van der Waals surface area contributed by atoms with Gasteiger partial charge in [-0.2, -0.15) is 0 Å². The fraction of sp³-hybridized carbons (Fsp3) is 0.652. The molecule has 7 nitrogen and oxygen atoms in total. The molecule has 0 aromatic heterocycles. The van der Waals surface area contributed by atoms with Crippen LogP contribution in [0.4, 0.5) is 4.79 Å². The highest BCUT2D eigenvalue weighted by atomic mass is 16.7. The van der Waals surface area contributed by atoms with Crippen LogP contribution in [-0.2, 0) is 14.0 Å². The van der Waals surface area contributed by atoms with Crippen LogP contribution in [0.5, 0.6) is 0 Å². The van der Waals surface area contributed by atoms with Gasteiger partial charge in [0, 0.05) is 25.7 Å². The largest absolute Gasteiger partial charge is 0.495 e. The highest BCUT2D eigenvalue weighted by Gasteiger charge is 2.52. The summed E-state index contributed by atoms with van der Waals surface area (Å²) in [5, 5.41) is 0. The minimum atomic E-state index is -0.532. The summed E-state index contributed by atoms with van der Waals surface area (Å²) < 4.78 is 17.8. The Bertz CT molecular complexity index is 855. The van der Waals surface area contributed by atoms with Gasteiger partial charge in [0.05, 0.1) is 17.2 Å². The zero-order valence-corrected chi connectivity index (χ0v) is 20.2. The van der Waals surface area contributed by atoms with Gasteiger partial charge in [0.15, 0.2) is 0 Å². The molecule has 0 atom stereocenters. The lowest BCUT2D eigenvalue weighted by molar-refractivity contribution is -0.00906. The molecule has 8 heteroatoms. The van der Waals surface area contributed by atoms with E-state index in [1.54, 1.807) is 16.8 Å². The summed E-state index contributed by atoms with van der Waals surface area (Å²) in [6.07, 6.45) is -0.344. The molecule has 0 aliphatic carbocycles. The molecular formula is C23H35BN2O5. The Morgan fingerprint density at radius 3 is 2.19 bits per heavy atom. The zero-order chi connectivity index (χ0) is 23.4. The Balaban J connectivity index is 1.68.